The third kappa shape index (κ3) is 1.48. The molecular weight excluding hydrogens is 200 g/mol. The lowest BCUT2D eigenvalue weighted by molar-refractivity contribution is 0.842. The highest BCUT2D eigenvalue weighted by atomic mass is 32.1. The third-order valence-corrected chi connectivity index (χ3v) is 2.56. The quantitative estimate of drug-likeness (QED) is 0.791. The first-order chi connectivity index (χ1) is 6.70. The van der Waals surface area contributed by atoms with Gasteiger partial charge in [0.1, 0.15) is 0 Å². The van der Waals surface area contributed by atoms with Gasteiger partial charge in [-0.15, -0.1) is 5.10 Å². The number of nitrogen functional groups attached to an aromatic ring is 1. The van der Waals surface area contributed by atoms with E-state index < -0.39 is 0 Å². The molecule has 0 bridgehead atoms. The summed E-state index contributed by atoms with van der Waals surface area (Å²) >= 11 is 1.22. The van der Waals surface area contributed by atoms with E-state index in [9.17, 15) is 4.79 Å². The molecule has 0 saturated heterocycles. The third-order valence-electron chi connectivity index (χ3n) is 1.82. The average molecular weight is 210 g/mol. The Kier molecular flexibility index (Phi) is 2.20. The van der Waals surface area contributed by atoms with E-state index in [4.69, 9.17) is 5.73 Å². The van der Waals surface area contributed by atoms with Gasteiger partial charge in [0.05, 0.1) is 0 Å². The normalized spacial score (nSPS) is 10.9. The standard InChI is InChI=1S/C8H10N4OS/c1-2-3-5-4-6(13)12-8(10-5)14-7(9)11-12/h4H,2-3H2,1H3,(H2,9,11). The van der Waals surface area contributed by atoms with Gasteiger partial charge in [0.15, 0.2) is 0 Å². The molecular formula is C8H10N4OS. The van der Waals surface area contributed by atoms with Crippen LogP contribution in [0.4, 0.5) is 5.13 Å². The number of rotatable bonds is 2. The summed E-state index contributed by atoms with van der Waals surface area (Å²) in [6.07, 6.45) is 1.78. The van der Waals surface area contributed by atoms with E-state index in [0.29, 0.717) is 10.1 Å². The largest absolute Gasteiger partial charge is 0.374 e. The Bertz CT molecular complexity index is 516. The Hall–Kier alpha value is -1.43. The molecule has 0 aliphatic carbocycles. The van der Waals surface area contributed by atoms with E-state index in [-0.39, 0.29) is 5.56 Å². The first kappa shape index (κ1) is 9.14. The highest BCUT2D eigenvalue weighted by Gasteiger charge is 2.05. The molecule has 0 aromatic carbocycles. The Morgan fingerprint density at radius 2 is 2.43 bits per heavy atom. The van der Waals surface area contributed by atoms with Crippen LogP contribution < -0.4 is 11.3 Å². The van der Waals surface area contributed by atoms with Gasteiger partial charge in [-0.2, -0.15) is 4.52 Å². The van der Waals surface area contributed by atoms with Crippen LogP contribution in [-0.2, 0) is 6.42 Å². The molecule has 0 aliphatic rings. The fourth-order valence-electron chi connectivity index (χ4n) is 1.26. The molecule has 74 valence electrons. The maximum Gasteiger partial charge on any atom is 0.275 e. The summed E-state index contributed by atoms with van der Waals surface area (Å²) in [4.78, 5) is 16.4. The minimum absolute atomic E-state index is 0.161. The van der Waals surface area contributed by atoms with Crippen LogP contribution in [0.25, 0.3) is 4.96 Å². The van der Waals surface area contributed by atoms with Crippen LogP contribution in [0.1, 0.15) is 19.0 Å². The molecule has 5 nitrogen and oxygen atoms in total. The lowest BCUT2D eigenvalue weighted by Crippen LogP contribution is -2.15. The van der Waals surface area contributed by atoms with E-state index in [1.54, 1.807) is 0 Å². The van der Waals surface area contributed by atoms with E-state index in [0.717, 1.165) is 18.5 Å². The van der Waals surface area contributed by atoms with Crippen LogP contribution in [0, 0.1) is 0 Å². The molecule has 0 aliphatic heterocycles. The van der Waals surface area contributed by atoms with Crippen LogP contribution in [0.5, 0.6) is 0 Å². The zero-order valence-electron chi connectivity index (χ0n) is 7.73. The number of fused-ring (bicyclic) bond motifs is 1. The van der Waals surface area contributed by atoms with Crippen molar-refractivity contribution >= 4 is 21.4 Å². The maximum absolute atomic E-state index is 11.5. The van der Waals surface area contributed by atoms with Crippen molar-refractivity contribution in [2.75, 3.05) is 5.73 Å². The van der Waals surface area contributed by atoms with Crippen molar-refractivity contribution in [1.82, 2.24) is 14.6 Å². The molecule has 6 heteroatoms. The maximum atomic E-state index is 11.5. The molecule has 14 heavy (non-hydrogen) atoms. The number of aromatic nitrogens is 3. The van der Waals surface area contributed by atoms with Crippen LogP contribution in [-0.4, -0.2) is 14.6 Å². The molecule has 0 atom stereocenters. The fourth-order valence-corrected chi connectivity index (χ4v) is 1.94. The minimum atomic E-state index is -0.161. The van der Waals surface area contributed by atoms with Crippen molar-refractivity contribution < 1.29 is 0 Å². The van der Waals surface area contributed by atoms with Gasteiger partial charge in [-0.3, -0.25) is 4.79 Å². The smallest absolute Gasteiger partial charge is 0.275 e. The number of hydrogen-bond donors (Lipinski definition) is 1. The van der Waals surface area contributed by atoms with E-state index in [1.807, 2.05) is 6.92 Å². The van der Waals surface area contributed by atoms with Gasteiger partial charge in [0.25, 0.3) is 5.56 Å². The summed E-state index contributed by atoms with van der Waals surface area (Å²) in [6, 6.07) is 1.51. The van der Waals surface area contributed by atoms with Gasteiger partial charge in [0.2, 0.25) is 10.1 Å². The topological polar surface area (TPSA) is 73.3 Å². The second kappa shape index (κ2) is 3.38. The van der Waals surface area contributed by atoms with Gasteiger partial charge in [-0.25, -0.2) is 4.98 Å². The Labute approximate surface area is 84.2 Å². The molecule has 2 aromatic heterocycles. The first-order valence-electron chi connectivity index (χ1n) is 4.36. The van der Waals surface area contributed by atoms with Crippen molar-refractivity contribution in [2.45, 2.75) is 19.8 Å². The summed E-state index contributed by atoms with van der Waals surface area (Å²) in [6.45, 7) is 2.05. The SMILES string of the molecule is CCCc1cc(=O)n2nc(N)sc2n1. The Balaban J connectivity index is 2.65. The van der Waals surface area contributed by atoms with E-state index in [1.165, 1.54) is 21.9 Å². The molecule has 0 saturated carbocycles. The highest BCUT2D eigenvalue weighted by molar-refractivity contribution is 7.20. The molecule has 2 aromatic rings. The first-order valence-corrected chi connectivity index (χ1v) is 5.17. The molecule has 2 N–H and O–H groups in total. The number of aryl methyl sites for hydroxylation is 1. The zero-order chi connectivity index (χ0) is 10.1. The molecule has 0 fully saturated rings. The number of hydrogen-bond acceptors (Lipinski definition) is 5. The lowest BCUT2D eigenvalue weighted by Gasteiger charge is -1.95. The average Bonchev–Trinajstić information content (AvgIpc) is 2.47. The highest BCUT2D eigenvalue weighted by Crippen LogP contribution is 2.12. The minimum Gasteiger partial charge on any atom is -0.374 e. The van der Waals surface area contributed by atoms with Crippen molar-refractivity contribution in [3.05, 3.63) is 22.1 Å². The Morgan fingerprint density at radius 1 is 1.64 bits per heavy atom. The molecule has 0 radical (unpaired) electrons. The van der Waals surface area contributed by atoms with Crippen LogP contribution >= 0.6 is 11.3 Å². The van der Waals surface area contributed by atoms with Crippen LogP contribution in [0.15, 0.2) is 10.9 Å². The fraction of sp³-hybridized carbons (Fsp3) is 0.375. The Morgan fingerprint density at radius 3 is 3.14 bits per heavy atom. The van der Waals surface area contributed by atoms with Gasteiger partial charge in [-0.1, -0.05) is 24.7 Å². The van der Waals surface area contributed by atoms with Crippen molar-refractivity contribution in [3.63, 3.8) is 0 Å². The predicted molar refractivity (Wildman–Crippen MR) is 55.5 cm³/mol. The summed E-state index contributed by atoms with van der Waals surface area (Å²) in [5, 5.41) is 4.22. The van der Waals surface area contributed by atoms with E-state index >= 15 is 0 Å². The van der Waals surface area contributed by atoms with Crippen LogP contribution in [0.3, 0.4) is 0 Å². The zero-order valence-corrected chi connectivity index (χ0v) is 8.54. The van der Waals surface area contributed by atoms with Crippen molar-refractivity contribution in [3.8, 4) is 0 Å². The lowest BCUT2D eigenvalue weighted by atomic mass is 10.2. The number of nitrogens with zero attached hydrogens (tertiary/aromatic N) is 3. The molecule has 0 amide bonds. The van der Waals surface area contributed by atoms with Gasteiger partial charge in [0, 0.05) is 11.8 Å². The van der Waals surface area contributed by atoms with Gasteiger partial charge in [-0.05, 0) is 6.42 Å². The molecule has 2 rings (SSSR count). The van der Waals surface area contributed by atoms with Crippen molar-refractivity contribution in [1.29, 1.82) is 0 Å². The van der Waals surface area contributed by atoms with Gasteiger partial charge < -0.3 is 5.73 Å². The summed E-state index contributed by atoms with van der Waals surface area (Å²) in [5.41, 5.74) is 6.14. The predicted octanol–water partition coefficient (Wildman–Crippen LogP) is 0.686. The van der Waals surface area contributed by atoms with E-state index in [2.05, 4.69) is 10.1 Å². The van der Waals surface area contributed by atoms with Gasteiger partial charge >= 0.3 is 0 Å². The van der Waals surface area contributed by atoms with Crippen molar-refractivity contribution in [2.24, 2.45) is 0 Å². The molecule has 0 spiro atoms. The molecule has 2 heterocycles. The molecule has 0 unspecified atom stereocenters. The second-order valence-electron chi connectivity index (χ2n) is 2.97. The summed E-state index contributed by atoms with van der Waals surface area (Å²) in [7, 11) is 0. The number of nitrogens with two attached hydrogens (primary N) is 1. The monoisotopic (exact) mass is 210 g/mol. The second-order valence-corrected chi connectivity index (χ2v) is 3.96. The summed E-state index contributed by atoms with van der Waals surface area (Å²) in [5.74, 6) is 0. The number of anilines is 1. The van der Waals surface area contributed by atoms with Crippen LogP contribution in [0.2, 0.25) is 0 Å². The summed E-state index contributed by atoms with van der Waals surface area (Å²) < 4.78 is 1.24.